The second-order valence-corrected chi connectivity index (χ2v) is 3.76. The Kier molecular flexibility index (Phi) is 4.33. The van der Waals surface area contributed by atoms with E-state index in [1.807, 2.05) is 6.92 Å². The van der Waals surface area contributed by atoms with E-state index in [1.54, 1.807) is 0 Å². The quantitative estimate of drug-likeness (QED) is 0.514. The Labute approximate surface area is 92.3 Å². The SMILES string of the molecule is CCCCCC(F)(F)c1cccc(F)c1F. The van der Waals surface area contributed by atoms with Crippen LogP contribution in [0, 0.1) is 11.6 Å². The molecule has 0 aromatic heterocycles. The predicted octanol–water partition coefficient (Wildman–Crippen LogP) is 4.64. The molecule has 16 heavy (non-hydrogen) atoms. The molecular weight excluding hydrogens is 220 g/mol. The van der Waals surface area contributed by atoms with Crippen molar-refractivity contribution in [2.75, 3.05) is 0 Å². The van der Waals surface area contributed by atoms with E-state index in [1.165, 1.54) is 0 Å². The molecule has 0 radical (unpaired) electrons. The van der Waals surface area contributed by atoms with Crippen molar-refractivity contribution in [2.45, 2.75) is 38.5 Å². The zero-order valence-corrected chi connectivity index (χ0v) is 9.07. The highest BCUT2D eigenvalue weighted by molar-refractivity contribution is 5.23. The van der Waals surface area contributed by atoms with E-state index in [0.29, 0.717) is 12.8 Å². The third-order valence-corrected chi connectivity index (χ3v) is 2.44. The molecule has 0 fully saturated rings. The third-order valence-electron chi connectivity index (χ3n) is 2.44. The summed E-state index contributed by atoms with van der Waals surface area (Å²) < 4.78 is 53.0. The Bertz CT molecular complexity index is 347. The van der Waals surface area contributed by atoms with Gasteiger partial charge in [-0.3, -0.25) is 0 Å². The van der Waals surface area contributed by atoms with E-state index in [9.17, 15) is 17.6 Å². The van der Waals surface area contributed by atoms with E-state index >= 15 is 0 Å². The van der Waals surface area contributed by atoms with Gasteiger partial charge in [0.2, 0.25) is 0 Å². The molecule has 1 aromatic rings. The lowest BCUT2D eigenvalue weighted by Crippen LogP contribution is -2.16. The largest absolute Gasteiger partial charge is 0.276 e. The van der Waals surface area contributed by atoms with Crippen molar-refractivity contribution < 1.29 is 17.6 Å². The normalized spacial score (nSPS) is 11.8. The first-order chi connectivity index (χ1) is 7.49. The maximum atomic E-state index is 13.5. The number of hydrogen-bond acceptors (Lipinski definition) is 0. The standard InChI is InChI=1S/C12H14F4/c1-2-3-4-8-12(15,16)9-6-5-7-10(13)11(9)14/h5-7H,2-4,8H2,1H3. The van der Waals surface area contributed by atoms with E-state index in [2.05, 4.69) is 0 Å². The molecular formula is C12H14F4. The first-order valence-corrected chi connectivity index (χ1v) is 5.31. The first kappa shape index (κ1) is 13.0. The Balaban J connectivity index is 2.84. The summed E-state index contributed by atoms with van der Waals surface area (Å²) in [5, 5.41) is 0. The van der Waals surface area contributed by atoms with E-state index < -0.39 is 29.5 Å². The molecule has 0 amide bonds. The van der Waals surface area contributed by atoms with Crippen LogP contribution < -0.4 is 0 Å². The van der Waals surface area contributed by atoms with Crippen LogP contribution >= 0.6 is 0 Å². The highest BCUT2D eigenvalue weighted by Crippen LogP contribution is 2.35. The van der Waals surface area contributed by atoms with Crippen LogP contribution in [0.3, 0.4) is 0 Å². The van der Waals surface area contributed by atoms with Crippen molar-refractivity contribution in [3.8, 4) is 0 Å². The van der Waals surface area contributed by atoms with Crippen LogP contribution in [-0.2, 0) is 5.92 Å². The topological polar surface area (TPSA) is 0 Å². The lowest BCUT2D eigenvalue weighted by Gasteiger charge is -2.17. The maximum absolute atomic E-state index is 13.5. The summed E-state index contributed by atoms with van der Waals surface area (Å²) in [5.74, 6) is -5.96. The zero-order chi connectivity index (χ0) is 12.2. The van der Waals surface area contributed by atoms with E-state index in [4.69, 9.17) is 0 Å². The minimum atomic E-state index is -3.29. The van der Waals surface area contributed by atoms with E-state index in [-0.39, 0.29) is 0 Å². The number of rotatable bonds is 5. The van der Waals surface area contributed by atoms with Crippen molar-refractivity contribution in [3.63, 3.8) is 0 Å². The Morgan fingerprint density at radius 2 is 1.81 bits per heavy atom. The molecule has 0 aliphatic rings. The molecule has 0 nitrogen and oxygen atoms in total. The van der Waals surface area contributed by atoms with Crippen LogP contribution in [0.2, 0.25) is 0 Å². The van der Waals surface area contributed by atoms with Crippen LogP contribution in [0.25, 0.3) is 0 Å². The van der Waals surface area contributed by atoms with Crippen molar-refractivity contribution in [3.05, 3.63) is 35.4 Å². The van der Waals surface area contributed by atoms with Gasteiger partial charge in [0, 0.05) is 6.42 Å². The predicted molar refractivity (Wildman–Crippen MR) is 54.4 cm³/mol. The summed E-state index contributed by atoms with van der Waals surface area (Å²) in [4.78, 5) is 0. The zero-order valence-electron chi connectivity index (χ0n) is 9.07. The molecule has 1 rings (SSSR count). The molecule has 0 heterocycles. The van der Waals surface area contributed by atoms with Gasteiger partial charge in [-0.15, -0.1) is 0 Å². The average molecular weight is 234 g/mol. The minimum Gasteiger partial charge on any atom is -0.204 e. The van der Waals surface area contributed by atoms with Gasteiger partial charge in [0.25, 0.3) is 5.92 Å². The fourth-order valence-electron chi connectivity index (χ4n) is 1.52. The third kappa shape index (κ3) is 2.97. The molecule has 0 bridgehead atoms. The molecule has 0 unspecified atom stereocenters. The monoisotopic (exact) mass is 234 g/mol. The van der Waals surface area contributed by atoms with Crippen molar-refractivity contribution in [1.29, 1.82) is 0 Å². The lowest BCUT2D eigenvalue weighted by molar-refractivity contribution is -0.0196. The average Bonchev–Trinajstić information content (AvgIpc) is 2.22. The Morgan fingerprint density at radius 3 is 2.44 bits per heavy atom. The van der Waals surface area contributed by atoms with Crippen LogP contribution in [0.15, 0.2) is 18.2 Å². The summed E-state index contributed by atoms with van der Waals surface area (Å²) in [5.41, 5.74) is -0.844. The van der Waals surface area contributed by atoms with Gasteiger partial charge >= 0.3 is 0 Å². The van der Waals surface area contributed by atoms with Gasteiger partial charge in [0.15, 0.2) is 11.6 Å². The smallest absolute Gasteiger partial charge is 0.204 e. The van der Waals surface area contributed by atoms with Crippen LogP contribution in [0.1, 0.15) is 38.2 Å². The summed E-state index contributed by atoms with van der Waals surface area (Å²) in [6.45, 7) is 1.89. The van der Waals surface area contributed by atoms with Gasteiger partial charge in [-0.2, -0.15) is 0 Å². The van der Waals surface area contributed by atoms with Gasteiger partial charge in [-0.05, 0) is 18.6 Å². The van der Waals surface area contributed by atoms with Gasteiger partial charge < -0.3 is 0 Å². The molecule has 0 N–H and O–H groups in total. The van der Waals surface area contributed by atoms with Gasteiger partial charge in [-0.1, -0.05) is 25.8 Å². The summed E-state index contributed by atoms with van der Waals surface area (Å²) in [6, 6.07) is 2.87. The number of hydrogen-bond donors (Lipinski definition) is 0. The molecule has 0 saturated carbocycles. The lowest BCUT2D eigenvalue weighted by atomic mass is 10.0. The first-order valence-electron chi connectivity index (χ1n) is 5.31. The molecule has 0 aliphatic carbocycles. The van der Waals surface area contributed by atoms with Crippen LogP contribution in [0.5, 0.6) is 0 Å². The highest BCUT2D eigenvalue weighted by atomic mass is 19.3. The van der Waals surface area contributed by atoms with Gasteiger partial charge in [-0.25, -0.2) is 17.6 Å². The van der Waals surface area contributed by atoms with Crippen molar-refractivity contribution in [1.82, 2.24) is 0 Å². The van der Waals surface area contributed by atoms with Crippen LogP contribution in [0.4, 0.5) is 17.6 Å². The summed E-state index contributed by atoms with van der Waals surface area (Å²) >= 11 is 0. The fraction of sp³-hybridized carbons (Fsp3) is 0.500. The maximum Gasteiger partial charge on any atom is 0.276 e. The molecule has 0 atom stereocenters. The summed E-state index contributed by atoms with van der Waals surface area (Å²) in [7, 11) is 0. The number of alkyl halides is 2. The van der Waals surface area contributed by atoms with Gasteiger partial charge in [0.05, 0.1) is 5.56 Å². The van der Waals surface area contributed by atoms with E-state index in [0.717, 1.165) is 24.6 Å². The second-order valence-electron chi connectivity index (χ2n) is 3.76. The number of benzene rings is 1. The Hall–Kier alpha value is -1.06. The number of halogens is 4. The van der Waals surface area contributed by atoms with Gasteiger partial charge in [0.1, 0.15) is 0 Å². The summed E-state index contributed by atoms with van der Waals surface area (Å²) in [6.07, 6.45) is 1.33. The molecule has 0 aliphatic heterocycles. The molecule has 0 saturated heterocycles. The van der Waals surface area contributed by atoms with Crippen LogP contribution in [-0.4, -0.2) is 0 Å². The minimum absolute atomic E-state index is 0.305. The molecule has 90 valence electrons. The molecule has 4 heteroatoms. The number of unbranched alkanes of at least 4 members (excludes halogenated alkanes) is 2. The molecule has 1 aromatic carbocycles. The Morgan fingerprint density at radius 1 is 1.12 bits per heavy atom. The van der Waals surface area contributed by atoms with Crippen molar-refractivity contribution >= 4 is 0 Å². The molecule has 0 spiro atoms. The van der Waals surface area contributed by atoms with Crippen molar-refractivity contribution in [2.24, 2.45) is 0 Å². The second kappa shape index (κ2) is 5.32. The fourth-order valence-corrected chi connectivity index (χ4v) is 1.52. The highest BCUT2D eigenvalue weighted by Gasteiger charge is 2.34.